The van der Waals surface area contributed by atoms with Crippen molar-refractivity contribution in [1.29, 1.82) is 0 Å². The third-order valence-corrected chi connectivity index (χ3v) is 5.11. The van der Waals surface area contributed by atoms with Crippen LogP contribution in [0.2, 0.25) is 0 Å². The molecule has 1 atom stereocenters. The molecule has 3 heterocycles. The Labute approximate surface area is 150 Å². The number of hydrogen-bond donors (Lipinski definition) is 1. The van der Waals surface area contributed by atoms with E-state index in [1.807, 2.05) is 18.7 Å². The number of alkyl halides is 3. The van der Waals surface area contributed by atoms with Crippen molar-refractivity contribution in [2.45, 2.75) is 57.4 Å². The summed E-state index contributed by atoms with van der Waals surface area (Å²) in [6.07, 6.45) is -1.19. The van der Waals surface area contributed by atoms with Crippen LogP contribution in [-0.4, -0.2) is 63.4 Å². The molecule has 2 aliphatic heterocycles. The summed E-state index contributed by atoms with van der Waals surface area (Å²) in [5.74, 6) is 0.380. The zero-order valence-electron chi connectivity index (χ0n) is 15.0. The fourth-order valence-electron chi connectivity index (χ4n) is 3.69. The summed E-state index contributed by atoms with van der Waals surface area (Å²) in [6.45, 7) is 6.33. The van der Waals surface area contributed by atoms with Crippen LogP contribution in [-0.2, 0) is 11.0 Å². The number of piperidine rings is 1. The number of nitrogens with one attached hydrogen (secondary N) is 1. The van der Waals surface area contributed by atoms with Crippen molar-refractivity contribution in [3.05, 3.63) is 18.1 Å². The predicted molar refractivity (Wildman–Crippen MR) is 90.5 cm³/mol. The summed E-state index contributed by atoms with van der Waals surface area (Å²) in [6, 6.07) is 1.13. The number of nitrogens with zero attached hydrogens (tertiary/aromatic N) is 4. The Hall–Kier alpha value is -1.90. The van der Waals surface area contributed by atoms with Gasteiger partial charge < -0.3 is 10.2 Å². The van der Waals surface area contributed by atoms with Gasteiger partial charge in [0.05, 0.1) is 6.04 Å². The maximum absolute atomic E-state index is 12.7. The van der Waals surface area contributed by atoms with Crippen molar-refractivity contribution in [2.75, 3.05) is 25.0 Å². The van der Waals surface area contributed by atoms with Crippen LogP contribution in [0, 0.1) is 0 Å². The van der Waals surface area contributed by atoms with E-state index >= 15 is 0 Å². The second kappa shape index (κ2) is 7.38. The largest absolute Gasteiger partial charge is 0.433 e. The van der Waals surface area contributed by atoms with Crippen LogP contribution < -0.4 is 5.32 Å². The second-order valence-electron chi connectivity index (χ2n) is 7.17. The van der Waals surface area contributed by atoms with Crippen molar-refractivity contribution < 1.29 is 18.0 Å². The van der Waals surface area contributed by atoms with Crippen LogP contribution in [0.3, 0.4) is 0 Å². The minimum Gasteiger partial charge on any atom is -0.367 e. The fourth-order valence-corrected chi connectivity index (χ4v) is 3.69. The average Bonchev–Trinajstić information content (AvgIpc) is 2.97. The van der Waals surface area contributed by atoms with Crippen LogP contribution in [0.5, 0.6) is 0 Å². The molecule has 9 heteroatoms. The third-order valence-electron chi connectivity index (χ3n) is 5.11. The highest BCUT2D eigenvalue weighted by Crippen LogP contribution is 2.29. The molecule has 6 nitrogen and oxygen atoms in total. The van der Waals surface area contributed by atoms with E-state index in [0.29, 0.717) is 0 Å². The zero-order valence-corrected chi connectivity index (χ0v) is 15.0. The first-order valence-electron chi connectivity index (χ1n) is 8.96. The Bertz CT molecular complexity index is 644. The summed E-state index contributed by atoms with van der Waals surface area (Å²) in [7, 11) is 0. The molecule has 26 heavy (non-hydrogen) atoms. The minimum absolute atomic E-state index is 0.0416. The molecule has 1 unspecified atom stereocenters. The molecule has 1 N–H and O–H groups in total. The highest BCUT2D eigenvalue weighted by Gasteiger charge is 2.38. The SMILES string of the molecule is CC(C)N1CCC(N2CCC(Nc3cc(C(F)(F)F)ncn3)CC2)C1=O. The average molecular weight is 371 g/mol. The van der Waals surface area contributed by atoms with Gasteiger partial charge in [0, 0.05) is 37.8 Å². The Morgan fingerprint density at radius 3 is 2.42 bits per heavy atom. The van der Waals surface area contributed by atoms with Gasteiger partial charge >= 0.3 is 6.18 Å². The molecular weight excluding hydrogens is 347 g/mol. The maximum atomic E-state index is 12.7. The van der Waals surface area contributed by atoms with Gasteiger partial charge in [-0.05, 0) is 33.1 Å². The van der Waals surface area contributed by atoms with Crippen LogP contribution in [0.15, 0.2) is 12.4 Å². The first-order valence-corrected chi connectivity index (χ1v) is 8.96. The second-order valence-corrected chi connectivity index (χ2v) is 7.17. The van der Waals surface area contributed by atoms with Gasteiger partial charge in [-0.3, -0.25) is 9.69 Å². The van der Waals surface area contributed by atoms with Gasteiger partial charge in [0.15, 0.2) is 0 Å². The number of carbonyl (C=O) groups is 1. The first-order chi connectivity index (χ1) is 12.3. The molecule has 0 aliphatic carbocycles. The lowest BCUT2D eigenvalue weighted by molar-refractivity contribution is -0.141. The van der Waals surface area contributed by atoms with Gasteiger partial charge in [0.25, 0.3) is 0 Å². The number of amides is 1. The standard InChI is InChI=1S/C17H24F3N5O/c1-11(2)25-8-5-13(16(25)26)24-6-3-12(4-7-24)23-15-9-14(17(18,19)20)21-10-22-15/h9-13H,3-8H2,1-2H3,(H,21,22,23). The molecule has 0 spiro atoms. The van der Waals surface area contributed by atoms with E-state index in [4.69, 9.17) is 0 Å². The Morgan fingerprint density at radius 2 is 1.85 bits per heavy atom. The van der Waals surface area contributed by atoms with Crippen molar-refractivity contribution in [2.24, 2.45) is 0 Å². The summed E-state index contributed by atoms with van der Waals surface area (Å²) >= 11 is 0. The molecule has 0 aromatic carbocycles. The van der Waals surface area contributed by atoms with E-state index in [9.17, 15) is 18.0 Å². The normalized spacial score (nSPS) is 23.1. The van der Waals surface area contributed by atoms with Gasteiger partial charge in [-0.2, -0.15) is 13.2 Å². The fraction of sp³-hybridized carbons (Fsp3) is 0.706. The number of rotatable bonds is 4. The summed E-state index contributed by atoms with van der Waals surface area (Å²) in [5, 5.41) is 3.07. The number of aromatic nitrogens is 2. The first kappa shape index (κ1) is 18.9. The number of hydrogen-bond acceptors (Lipinski definition) is 5. The van der Waals surface area contributed by atoms with E-state index in [1.54, 1.807) is 0 Å². The maximum Gasteiger partial charge on any atom is 0.433 e. The molecule has 2 aliphatic rings. The zero-order chi connectivity index (χ0) is 18.9. The van der Waals surface area contributed by atoms with Crippen molar-refractivity contribution in [1.82, 2.24) is 19.8 Å². The molecule has 2 fully saturated rings. The lowest BCUT2D eigenvalue weighted by Gasteiger charge is -2.35. The molecule has 3 rings (SSSR count). The van der Waals surface area contributed by atoms with Gasteiger partial charge in [-0.15, -0.1) is 0 Å². The van der Waals surface area contributed by atoms with Gasteiger partial charge in [0.2, 0.25) is 5.91 Å². The lowest BCUT2D eigenvalue weighted by Crippen LogP contribution is -2.48. The number of likely N-dealkylation sites (tertiary alicyclic amines) is 2. The van der Waals surface area contributed by atoms with Crippen LogP contribution >= 0.6 is 0 Å². The van der Waals surface area contributed by atoms with Crippen LogP contribution in [0.25, 0.3) is 0 Å². The van der Waals surface area contributed by atoms with Crippen molar-refractivity contribution in [3.8, 4) is 0 Å². The van der Waals surface area contributed by atoms with E-state index in [0.717, 1.165) is 51.3 Å². The highest BCUT2D eigenvalue weighted by molar-refractivity contribution is 5.84. The molecule has 0 radical (unpaired) electrons. The quantitative estimate of drug-likeness (QED) is 0.881. The topological polar surface area (TPSA) is 61.4 Å². The summed E-state index contributed by atoms with van der Waals surface area (Å²) in [5.41, 5.74) is -0.947. The smallest absolute Gasteiger partial charge is 0.367 e. The molecule has 1 aromatic rings. The van der Waals surface area contributed by atoms with E-state index in [1.165, 1.54) is 0 Å². The highest BCUT2D eigenvalue weighted by atomic mass is 19.4. The molecule has 1 amide bonds. The summed E-state index contributed by atoms with van der Waals surface area (Å²) in [4.78, 5) is 23.8. The van der Waals surface area contributed by atoms with E-state index in [2.05, 4.69) is 20.2 Å². The lowest BCUT2D eigenvalue weighted by atomic mass is 10.0. The Balaban J connectivity index is 1.54. The van der Waals surface area contributed by atoms with Crippen LogP contribution in [0.4, 0.5) is 19.0 Å². The molecule has 2 saturated heterocycles. The summed E-state index contributed by atoms with van der Waals surface area (Å²) < 4.78 is 38.2. The molecular formula is C17H24F3N5O. The van der Waals surface area contributed by atoms with Crippen molar-refractivity contribution in [3.63, 3.8) is 0 Å². The Kier molecular flexibility index (Phi) is 5.36. The monoisotopic (exact) mass is 371 g/mol. The Morgan fingerprint density at radius 1 is 1.15 bits per heavy atom. The van der Waals surface area contributed by atoms with Gasteiger partial charge in [0.1, 0.15) is 17.8 Å². The van der Waals surface area contributed by atoms with Crippen LogP contribution in [0.1, 0.15) is 38.8 Å². The molecule has 0 saturated carbocycles. The molecule has 144 valence electrons. The third kappa shape index (κ3) is 4.08. The molecule has 0 bridgehead atoms. The number of halogens is 3. The minimum atomic E-state index is -4.48. The van der Waals surface area contributed by atoms with Gasteiger partial charge in [-0.25, -0.2) is 9.97 Å². The van der Waals surface area contributed by atoms with E-state index in [-0.39, 0.29) is 29.9 Å². The number of anilines is 1. The number of carbonyl (C=O) groups excluding carboxylic acids is 1. The predicted octanol–water partition coefficient (Wildman–Crippen LogP) is 2.38. The molecule has 1 aromatic heterocycles. The van der Waals surface area contributed by atoms with Gasteiger partial charge in [-0.1, -0.05) is 0 Å². The van der Waals surface area contributed by atoms with E-state index < -0.39 is 11.9 Å². The van der Waals surface area contributed by atoms with Crippen molar-refractivity contribution >= 4 is 11.7 Å².